The number of nitrogens with zero attached hydrogens (tertiary/aromatic N) is 1. The number of para-hydroxylation sites is 1. The quantitative estimate of drug-likeness (QED) is 0.486. The van der Waals surface area contributed by atoms with E-state index in [-0.39, 0.29) is 11.7 Å². The number of thioether (sulfide) groups is 1. The first-order chi connectivity index (χ1) is 14.1. The summed E-state index contributed by atoms with van der Waals surface area (Å²) in [6.07, 6.45) is 1.69. The normalized spacial score (nSPS) is 17.3. The number of hydrogen-bond acceptors (Lipinski definition) is 6. The van der Waals surface area contributed by atoms with Crippen LogP contribution in [0.4, 0.5) is 0 Å². The van der Waals surface area contributed by atoms with Crippen LogP contribution in [0.25, 0.3) is 10.9 Å². The largest absolute Gasteiger partial charge is 0.451 e. The highest BCUT2D eigenvalue weighted by molar-refractivity contribution is 7.99. The molecule has 2 heterocycles. The van der Waals surface area contributed by atoms with E-state index in [1.807, 2.05) is 24.3 Å². The van der Waals surface area contributed by atoms with Gasteiger partial charge in [0.1, 0.15) is 0 Å². The summed E-state index contributed by atoms with van der Waals surface area (Å²) in [4.78, 5) is 33.1. The summed E-state index contributed by atoms with van der Waals surface area (Å²) >= 11 is 1.60. The summed E-state index contributed by atoms with van der Waals surface area (Å²) in [5.41, 5.74) is 0.827. The van der Waals surface area contributed by atoms with E-state index in [9.17, 15) is 9.59 Å². The average Bonchev–Trinajstić information content (AvgIpc) is 3.26. The summed E-state index contributed by atoms with van der Waals surface area (Å²) in [6, 6.07) is 14.5. The van der Waals surface area contributed by atoms with Crippen molar-refractivity contribution >= 4 is 28.6 Å². The first kappa shape index (κ1) is 19.7. The maximum Gasteiger partial charge on any atom is 0.339 e. The molecule has 1 N–H and O–H groups in total. The van der Waals surface area contributed by atoms with E-state index in [1.165, 1.54) is 0 Å². The van der Waals surface area contributed by atoms with Crippen molar-refractivity contribution in [3.63, 3.8) is 0 Å². The van der Waals surface area contributed by atoms with Crippen LogP contribution in [-0.2, 0) is 9.47 Å². The Labute approximate surface area is 172 Å². The third-order valence-corrected chi connectivity index (χ3v) is 6.06. The molecule has 1 aromatic heterocycles. The lowest BCUT2D eigenvalue weighted by Gasteiger charge is -2.15. The smallest absolute Gasteiger partial charge is 0.339 e. The van der Waals surface area contributed by atoms with E-state index < -0.39 is 12.1 Å². The predicted molar refractivity (Wildman–Crippen MR) is 112 cm³/mol. The number of benzene rings is 2. The minimum Gasteiger partial charge on any atom is -0.451 e. The molecule has 150 valence electrons. The van der Waals surface area contributed by atoms with Gasteiger partial charge in [0.15, 0.2) is 11.9 Å². The fourth-order valence-corrected chi connectivity index (χ4v) is 4.41. The Kier molecular flexibility index (Phi) is 5.97. The Bertz CT molecular complexity index is 1080. The SMILES string of the molecule is C[C@@H](OC(=O)c1ccccc1SC[C@H]1CCCO1)c1nc2ccccc2c(=O)[nH]1. The van der Waals surface area contributed by atoms with E-state index >= 15 is 0 Å². The zero-order chi connectivity index (χ0) is 20.2. The summed E-state index contributed by atoms with van der Waals surface area (Å²) in [5.74, 6) is 0.689. The van der Waals surface area contributed by atoms with Gasteiger partial charge in [0, 0.05) is 17.3 Å². The molecule has 4 rings (SSSR count). The highest BCUT2D eigenvalue weighted by atomic mass is 32.2. The minimum atomic E-state index is -0.684. The van der Waals surface area contributed by atoms with Crippen LogP contribution in [0.15, 0.2) is 58.2 Å². The van der Waals surface area contributed by atoms with Gasteiger partial charge in [-0.15, -0.1) is 11.8 Å². The first-order valence-electron chi connectivity index (χ1n) is 9.65. The lowest BCUT2D eigenvalue weighted by atomic mass is 10.2. The Hall–Kier alpha value is -2.64. The third-order valence-electron chi connectivity index (χ3n) is 4.86. The van der Waals surface area contributed by atoms with Gasteiger partial charge in [0.2, 0.25) is 0 Å². The van der Waals surface area contributed by atoms with Gasteiger partial charge in [-0.2, -0.15) is 0 Å². The highest BCUT2D eigenvalue weighted by Crippen LogP contribution is 2.28. The Morgan fingerprint density at radius 1 is 1.28 bits per heavy atom. The van der Waals surface area contributed by atoms with Gasteiger partial charge in [0.25, 0.3) is 5.56 Å². The van der Waals surface area contributed by atoms with Crippen LogP contribution in [0.1, 0.15) is 42.1 Å². The van der Waals surface area contributed by atoms with Crippen LogP contribution in [0, 0.1) is 0 Å². The number of nitrogens with one attached hydrogen (secondary N) is 1. The molecule has 0 saturated carbocycles. The Balaban J connectivity index is 1.50. The Morgan fingerprint density at radius 2 is 2.07 bits per heavy atom. The van der Waals surface area contributed by atoms with E-state index in [0.29, 0.717) is 22.3 Å². The zero-order valence-corrected chi connectivity index (χ0v) is 16.9. The second kappa shape index (κ2) is 8.80. The molecule has 3 aromatic rings. The van der Waals surface area contributed by atoms with Crippen molar-refractivity contribution in [3.05, 3.63) is 70.3 Å². The zero-order valence-electron chi connectivity index (χ0n) is 16.1. The number of aromatic amines is 1. The Morgan fingerprint density at radius 3 is 2.90 bits per heavy atom. The van der Waals surface area contributed by atoms with Gasteiger partial charge >= 0.3 is 5.97 Å². The maximum absolute atomic E-state index is 12.8. The molecule has 1 saturated heterocycles. The van der Waals surface area contributed by atoms with E-state index in [0.717, 1.165) is 30.1 Å². The molecular formula is C22H22N2O4S. The van der Waals surface area contributed by atoms with Gasteiger partial charge in [0.05, 0.1) is 22.6 Å². The molecule has 1 aliphatic rings. The van der Waals surface area contributed by atoms with Crippen molar-refractivity contribution in [2.45, 2.75) is 36.9 Å². The monoisotopic (exact) mass is 410 g/mol. The number of fused-ring (bicyclic) bond motifs is 1. The van der Waals surface area contributed by atoms with E-state index in [4.69, 9.17) is 9.47 Å². The number of carbonyl (C=O) groups is 1. The number of hydrogen-bond donors (Lipinski definition) is 1. The van der Waals surface area contributed by atoms with Gasteiger partial charge in [-0.1, -0.05) is 24.3 Å². The van der Waals surface area contributed by atoms with E-state index in [2.05, 4.69) is 9.97 Å². The molecule has 0 aliphatic carbocycles. The average molecular weight is 410 g/mol. The standard InChI is InChI=1S/C22H22N2O4S/c1-14(20-23-18-10-4-2-8-16(18)21(25)24-20)28-22(26)17-9-3-5-11-19(17)29-13-15-7-6-12-27-15/h2-5,8-11,14-15H,6-7,12-13H2,1H3,(H,23,24,25)/t14-,15-/m1/s1. The van der Waals surface area contributed by atoms with Gasteiger partial charge in [-0.05, 0) is 44.0 Å². The van der Waals surface area contributed by atoms with Crippen LogP contribution in [-0.4, -0.2) is 34.4 Å². The predicted octanol–water partition coefficient (Wildman–Crippen LogP) is 4.11. The van der Waals surface area contributed by atoms with E-state index in [1.54, 1.807) is 43.0 Å². The highest BCUT2D eigenvalue weighted by Gasteiger charge is 2.21. The number of aromatic nitrogens is 2. The van der Waals surface area contributed by atoms with Crippen molar-refractivity contribution in [1.29, 1.82) is 0 Å². The number of esters is 1. The number of ether oxygens (including phenoxy) is 2. The maximum atomic E-state index is 12.8. The molecule has 29 heavy (non-hydrogen) atoms. The lowest BCUT2D eigenvalue weighted by molar-refractivity contribution is 0.0315. The van der Waals surface area contributed by atoms with Crippen LogP contribution in [0.2, 0.25) is 0 Å². The molecule has 0 unspecified atom stereocenters. The van der Waals surface area contributed by atoms with Gasteiger partial charge in [-0.25, -0.2) is 9.78 Å². The van der Waals surface area contributed by atoms with Crippen molar-refractivity contribution in [1.82, 2.24) is 9.97 Å². The van der Waals surface area contributed by atoms with Crippen LogP contribution in [0.3, 0.4) is 0 Å². The molecular weight excluding hydrogens is 388 g/mol. The fourth-order valence-electron chi connectivity index (χ4n) is 3.30. The molecule has 7 heteroatoms. The van der Waals surface area contributed by atoms with Crippen molar-refractivity contribution in [2.24, 2.45) is 0 Å². The van der Waals surface area contributed by atoms with Gasteiger partial charge < -0.3 is 14.5 Å². The first-order valence-corrected chi connectivity index (χ1v) is 10.6. The third kappa shape index (κ3) is 4.52. The molecule has 0 radical (unpaired) electrons. The molecule has 2 aromatic carbocycles. The van der Waals surface area contributed by atoms with Crippen molar-refractivity contribution < 1.29 is 14.3 Å². The molecule has 0 spiro atoms. The minimum absolute atomic E-state index is 0.231. The molecule has 0 amide bonds. The topological polar surface area (TPSA) is 81.3 Å². The molecule has 1 aliphatic heterocycles. The molecule has 0 bridgehead atoms. The fraction of sp³-hybridized carbons (Fsp3) is 0.318. The lowest BCUT2D eigenvalue weighted by Crippen LogP contribution is -2.18. The summed E-state index contributed by atoms with van der Waals surface area (Å²) in [7, 11) is 0. The number of carbonyl (C=O) groups excluding carboxylic acids is 1. The second-order valence-corrected chi connectivity index (χ2v) is 8.02. The van der Waals surface area contributed by atoms with Crippen LogP contribution < -0.4 is 5.56 Å². The van der Waals surface area contributed by atoms with Crippen molar-refractivity contribution in [3.8, 4) is 0 Å². The summed E-state index contributed by atoms with van der Waals surface area (Å²) < 4.78 is 11.3. The van der Waals surface area contributed by atoms with Crippen LogP contribution >= 0.6 is 11.8 Å². The molecule has 1 fully saturated rings. The second-order valence-electron chi connectivity index (χ2n) is 6.96. The summed E-state index contributed by atoms with van der Waals surface area (Å²) in [6.45, 7) is 2.51. The summed E-state index contributed by atoms with van der Waals surface area (Å²) in [5, 5.41) is 0.505. The molecule has 2 atom stereocenters. The van der Waals surface area contributed by atoms with Crippen molar-refractivity contribution in [2.75, 3.05) is 12.4 Å². The van der Waals surface area contributed by atoms with Crippen LogP contribution in [0.5, 0.6) is 0 Å². The molecule has 6 nitrogen and oxygen atoms in total. The number of H-pyrrole nitrogens is 1. The number of rotatable bonds is 6. The van der Waals surface area contributed by atoms with Gasteiger partial charge in [-0.3, -0.25) is 4.79 Å².